The van der Waals surface area contributed by atoms with Crippen LogP contribution in [0.1, 0.15) is 40.1 Å². The smallest absolute Gasteiger partial charge is 0.286 e. The summed E-state index contributed by atoms with van der Waals surface area (Å²) in [5.41, 5.74) is 3.43. The topological polar surface area (TPSA) is 81.1 Å². The molecule has 1 amide bonds. The zero-order valence-electron chi connectivity index (χ0n) is 15.6. The molecule has 0 saturated heterocycles. The van der Waals surface area contributed by atoms with Gasteiger partial charge in [-0.3, -0.25) is 19.1 Å². The molecule has 1 N–H and O–H groups in total. The minimum absolute atomic E-state index is 0.182. The zero-order valence-corrected chi connectivity index (χ0v) is 15.6. The van der Waals surface area contributed by atoms with Crippen molar-refractivity contribution < 1.29 is 9.21 Å². The Hall–Kier alpha value is -2.87. The van der Waals surface area contributed by atoms with E-state index in [-0.39, 0.29) is 11.9 Å². The van der Waals surface area contributed by atoms with Crippen LogP contribution >= 0.6 is 0 Å². The molecule has 4 heterocycles. The lowest BCUT2D eigenvalue weighted by Gasteiger charge is -2.34. The van der Waals surface area contributed by atoms with E-state index in [2.05, 4.69) is 37.2 Å². The number of fused-ring (bicyclic) bond motifs is 1. The molecule has 0 fully saturated rings. The van der Waals surface area contributed by atoms with Crippen molar-refractivity contribution in [2.75, 3.05) is 13.1 Å². The summed E-state index contributed by atoms with van der Waals surface area (Å²) in [5, 5.41) is 11.9. The molecule has 0 aliphatic carbocycles. The van der Waals surface area contributed by atoms with E-state index in [0.29, 0.717) is 12.3 Å². The maximum absolute atomic E-state index is 12.0. The van der Waals surface area contributed by atoms with Crippen molar-refractivity contribution in [3.05, 3.63) is 59.6 Å². The van der Waals surface area contributed by atoms with E-state index in [4.69, 9.17) is 4.42 Å². The Morgan fingerprint density at radius 3 is 3.04 bits per heavy atom. The molecule has 8 heteroatoms. The first kappa shape index (κ1) is 17.5. The van der Waals surface area contributed by atoms with Crippen molar-refractivity contribution in [2.45, 2.75) is 32.5 Å². The van der Waals surface area contributed by atoms with Crippen molar-refractivity contribution in [2.24, 2.45) is 7.05 Å². The van der Waals surface area contributed by atoms with Gasteiger partial charge in [0.1, 0.15) is 0 Å². The second kappa shape index (κ2) is 7.40. The van der Waals surface area contributed by atoms with E-state index in [9.17, 15) is 4.79 Å². The van der Waals surface area contributed by atoms with Crippen LogP contribution in [0.4, 0.5) is 0 Å². The maximum Gasteiger partial charge on any atom is 0.286 e. The summed E-state index contributed by atoms with van der Waals surface area (Å²) in [6.07, 6.45) is 4.16. The lowest BCUT2D eigenvalue weighted by Crippen LogP contribution is -2.39. The number of carbonyl (C=O) groups is 1. The monoisotopic (exact) mass is 368 g/mol. The first-order chi connectivity index (χ1) is 13.1. The number of rotatable bonds is 6. The molecule has 0 bridgehead atoms. The van der Waals surface area contributed by atoms with Gasteiger partial charge >= 0.3 is 0 Å². The van der Waals surface area contributed by atoms with E-state index in [1.807, 2.05) is 24.9 Å². The molecule has 8 nitrogen and oxygen atoms in total. The van der Waals surface area contributed by atoms with Gasteiger partial charge in [-0.05, 0) is 37.6 Å². The zero-order chi connectivity index (χ0) is 18.8. The molecule has 142 valence electrons. The van der Waals surface area contributed by atoms with Gasteiger partial charge in [0.05, 0.1) is 29.4 Å². The quantitative estimate of drug-likeness (QED) is 0.719. The number of nitrogens with one attached hydrogen (secondary N) is 1. The highest BCUT2D eigenvalue weighted by Gasteiger charge is 2.26. The van der Waals surface area contributed by atoms with Crippen LogP contribution in [0.3, 0.4) is 0 Å². The Balaban J connectivity index is 1.39. The fraction of sp³-hybridized carbons (Fsp3) is 0.421. The van der Waals surface area contributed by atoms with Gasteiger partial charge in [0.2, 0.25) is 0 Å². The van der Waals surface area contributed by atoms with Gasteiger partial charge in [-0.2, -0.15) is 10.2 Å². The average Bonchev–Trinajstić information content (AvgIpc) is 3.37. The van der Waals surface area contributed by atoms with E-state index in [0.717, 1.165) is 31.7 Å². The van der Waals surface area contributed by atoms with Crippen LogP contribution in [0.5, 0.6) is 0 Å². The van der Waals surface area contributed by atoms with Crippen molar-refractivity contribution in [3.63, 3.8) is 0 Å². The molecule has 4 rings (SSSR count). The standard InChI is InChI=1S/C19H24N6O2/c1-14-10-17(23(2)22-14)13-24-11-15(25-16(12-24)6-8-21-25)5-7-20-19(26)18-4-3-9-27-18/h3-4,6,8-10,15H,5,7,11-13H2,1-2H3,(H,20,26)/t15-/m0/s1. The van der Waals surface area contributed by atoms with Gasteiger partial charge in [0.25, 0.3) is 5.91 Å². The van der Waals surface area contributed by atoms with Crippen LogP contribution in [0.25, 0.3) is 0 Å². The molecule has 0 radical (unpaired) electrons. The van der Waals surface area contributed by atoms with Crippen molar-refractivity contribution >= 4 is 5.91 Å². The summed E-state index contributed by atoms with van der Waals surface area (Å²) in [5.74, 6) is 0.158. The number of amides is 1. The Labute approximate surface area is 157 Å². The molecule has 1 aliphatic rings. The van der Waals surface area contributed by atoms with Gasteiger partial charge in [0, 0.05) is 39.4 Å². The third-order valence-corrected chi connectivity index (χ3v) is 4.95. The molecule has 27 heavy (non-hydrogen) atoms. The molecule has 0 spiro atoms. The Bertz CT molecular complexity index is 911. The number of aryl methyl sites for hydroxylation is 2. The van der Waals surface area contributed by atoms with Crippen molar-refractivity contribution in [3.8, 4) is 0 Å². The number of aromatic nitrogens is 4. The number of furan rings is 1. The van der Waals surface area contributed by atoms with E-state index < -0.39 is 0 Å². The highest BCUT2D eigenvalue weighted by atomic mass is 16.3. The predicted molar refractivity (Wildman–Crippen MR) is 99.0 cm³/mol. The molecule has 3 aromatic rings. The van der Waals surface area contributed by atoms with Gasteiger partial charge < -0.3 is 9.73 Å². The van der Waals surface area contributed by atoms with Crippen molar-refractivity contribution in [1.29, 1.82) is 0 Å². The van der Waals surface area contributed by atoms with Crippen LogP contribution in [0.2, 0.25) is 0 Å². The molecule has 0 saturated carbocycles. The lowest BCUT2D eigenvalue weighted by atomic mass is 10.1. The van der Waals surface area contributed by atoms with Crippen LogP contribution < -0.4 is 5.32 Å². The summed E-state index contributed by atoms with van der Waals surface area (Å²) in [6.45, 7) is 5.17. The fourth-order valence-electron chi connectivity index (χ4n) is 3.69. The van der Waals surface area contributed by atoms with Crippen molar-refractivity contribution in [1.82, 2.24) is 29.8 Å². The molecule has 1 aliphatic heterocycles. The third-order valence-electron chi connectivity index (χ3n) is 4.95. The van der Waals surface area contributed by atoms with Crippen LogP contribution in [0, 0.1) is 6.92 Å². The first-order valence-corrected chi connectivity index (χ1v) is 9.16. The second-order valence-corrected chi connectivity index (χ2v) is 7.01. The highest BCUT2D eigenvalue weighted by molar-refractivity contribution is 5.91. The number of carbonyl (C=O) groups excluding carboxylic acids is 1. The minimum atomic E-state index is -0.182. The van der Waals surface area contributed by atoms with Gasteiger partial charge in [-0.15, -0.1) is 0 Å². The second-order valence-electron chi connectivity index (χ2n) is 7.01. The SMILES string of the molecule is Cc1cc(CN2Cc3ccnn3[C@@H](CCNC(=O)c3ccco3)C2)n(C)n1. The Kier molecular flexibility index (Phi) is 4.81. The fourth-order valence-corrected chi connectivity index (χ4v) is 3.69. The highest BCUT2D eigenvalue weighted by Crippen LogP contribution is 2.24. The molecular formula is C19H24N6O2. The summed E-state index contributed by atoms with van der Waals surface area (Å²) >= 11 is 0. The molecular weight excluding hydrogens is 344 g/mol. The number of hydrogen-bond donors (Lipinski definition) is 1. The van der Waals surface area contributed by atoms with Gasteiger partial charge in [-0.1, -0.05) is 0 Å². The Morgan fingerprint density at radius 1 is 1.41 bits per heavy atom. The lowest BCUT2D eigenvalue weighted by molar-refractivity contribution is 0.0919. The predicted octanol–water partition coefficient (Wildman–Crippen LogP) is 1.90. The summed E-state index contributed by atoms with van der Waals surface area (Å²) in [6, 6.07) is 7.79. The average molecular weight is 368 g/mol. The van der Waals surface area contributed by atoms with Crippen LogP contribution in [0.15, 0.2) is 41.1 Å². The molecule has 0 unspecified atom stereocenters. The minimum Gasteiger partial charge on any atom is -0.459 e. The normalized spacial score (nSPS) is 17.0. The number of hydrogen-bond acceptors (Lipinski definition) is 5. The van der Waals surface area contributed by atoms with E-state index >= 15 is 0 Å². The third kappa shape index (κ3) is 3.80. The van der Waals surface area contributed by atoms with Gasteiger partial charge in [-0.25, -0.2) is 0 Å². The molecule has 0 aromatic carbocycles. The largest absolute Gasteiger partial charge is 0.459 e. The Morgan fingerprint density at radius 2 is 2.30 bits per heavy atom. The van der Waals surface area contributed by atoms with E-state index in [1.165, 1.54) is 17.7 Å². The van der Waals surface area contributed by atoms with Gasteiger partial charge in [0.15, 0.2) is 5.76 Å². The summed E-state index contributed by atoms with van der Waals surface area (Å²) in [7, 11) is 1.98. The summed E-state index contributed by atoms with van der Waals surface area (Å²) < 4.78 is 9.16. The molecule has 3 aromatic heterocycles. The number of nitrogens with zero attached hydrogens (tertiary/aromatic N) is 5. The molecule has 1 atom stereocenters. The van der Waals surface area contributed by atoms with Crippen LogP contribution in [-0.2, 0) is 20.1 Å². The first-order valence-electron chi connectivity index (χ1n) is 9.16. The van der Waals surface area contributed by atoms with E-state index in [1.54, 1.807) is 12.1 Å². The van der Waals surface area contributed by atoms with Crippen LogP contribution in [-0.4, -0.2) is 43.5 Å². The maximum atomic E-state index is 12.0. The summed E-state index contributed by atoms with van der Waals surface area (Å²) in [4.78, 5) is 14.5.